The van der Waals surface area contributed by atoms with E-state index in [-0.39, 0.29) is 5.92 Å². The van der Waals surface area contributed by atoms with E-state index >= 15 is 0 Å². The summed E-state index contributed by atoms with van der Waals surface area (Å²) in [4.78, 5) is 16.2. The van der Waals surface area contributed by atoms with E-state index in [0.29, 0.717) is 25.5 Å². The van der Waals surface area contributed by atoms with Crippen LogP contribution >= 0.6 is 0 Å². The first-order valence-electron chi connectivity index (χ1n) is 3.96. The Kier molecular flexibility index (Phi) is 1.97. The summed E-state index contributed by atoms with van der Waals surface area (Å²) in [6, 6.07) is 0. The van der Waals surface area contributed by atoms with Gasteiger partial charge < -0.3 is 9.63 Å². The third-order valence-corrected chi connectivity index (χ3v) is 2.07. The molecule has 1 aromatic rings. The normalized spacial score (nSPS) is 18.5. The summed E-state index contributed by atoms with van der Waals surface area (Å²) in [6.45, 7) is 1.68. The number of rotatable bonds is 3. The van der Waals surface area contributed by atoms with E-state index in [0.717, 1.165) is 0 Å². The first kappa shape index (κ1) is 8.18. The van der Waals surface area contributed by atoms with Crippen LogP contribution in [0.1, 0.15) is 5.89 Å². The molecule has 1 N–H and O–H groups in total. The Morgan fingerprint density at radius 1 is 1.77 bits per heavy atom. The van der Waals surface area contributed by atoms with E-state index in [4.69, 9.17) is 9.63 Å². The van der Waals surface area contributed by atoms with Crippen LogP contribution in [0, 0.1) is 5.92 Å². The Hall–Kier alpha value is -1.43. The summed E-state index contributed by atoms with van der Waals surface area (Å²) >= 11 is 0. The maximum Gasteiger partial charge on any atom is 0.309 e. The zero-order valence-electron chi connectivity index (χ0n) is 6.88. The fourth-order valence-electron chi connectivity index (χ4n) is 1.31. The molecule has 0 amide bonds. The lowest BCUT2D eigenvalue weighted by Gasteiger charge is -2.35. The Morgan fingerprint density at radius 3 is 3.08 bits per heavy atom. The van der Waals surface area contributed by atoms with Gasteiger partial charge in [0.2, 0.25) is 5.89 Å². The molecule has 0 saturated carbocycles. The van der Waals surface area contributed by atoms with Crippen LogP contribution in [0.2, 0.25) is 0 Å². The lowest BCUT2D eigenvalue weighted by atomic mass is 10.0. The second-order valence-electron chi connectivity index (χ2n) is 3.06. The van der Waals surface area contributed by atoms with Crippen LogP contribution in [-0.4, -0.2) is 39.2 Å². The number of carboxylic acid groups (broad SMARTS) is 1. The second-order valence-corrected chi connectivity index (χ2v) is 3.06. The van der Waals surface area contributed by atoms with Crippen LogP contribution < -0.4 is 0 Å². The highest BCUT2D eigenvalue weighted by atomic mass is 16.5. The summed E-state index contributed by atoms with van der Waals surface area (Å²) < 4.78 is 4.79. The standard InChI is InChI=1S/C7H9N3O3/c11-7(12)5-1-10(2-5)3-6-8-4-9-13-6/h4-5H,1-3H2,(H,11,12). The number of likely N-dealkylation sites (tertiary alicyclic amines) is 1. The minimum absolute atomic E-state index is 0.233. The molecule has 0 atom stereocenters. The average Bonchev–Trinajstić information content (AvgIpc) is 2.46. The largest absolute Gasteiger partial charge is 0.481 e. The molecule has 1 saturated heterocycles. The van der Waals surface area contributed by atoms with Gasteiger partial charge in [0.1, 0.15) is 0 Å². The predicted molar refractivity (Wildman–Crippen MR) is 40.7 cm³/mol. The highest BCUT2D eigenvalue weighted by Gasteiger charge is 2.32. The molecule has 0 bridgehead atoms. The summed E-state index contributed by atoms with van der Waals surface area (Å²) in [5, 5.41) is 12.1. The molecule has 1 aliphatic heterocycles. The van der Waals surface area contributed by atoms with Crippen LogP contribution in [0.15, 0.2) is 10.9 Å². The molecule has 0 unspecified atom stereocenters. The highest BCUT2D eigenvalue weighted by Crippen LogP contribution is 2.17. The molecular weight excluding hydrogens is 174 g/mol. The van der Waals surface area contributed by atoms with Crippen LogP contribution in [0.5, 0.6) is 0 Å². The third-order valence-electron chi connectivity index (χ3n) is 2.07. The van der Waals surface area contributed by atoms with E-state index in [1.807, 2.05) is 4.90 Å². The van der Waals surface area contributed by atoms with E-state index in [1.54, 1.807) is 0 Å². The molecule has 0 radical (unpaired) electrons. The smallest absolute Gasteiger partial charge is 0.309 e. The SMILES string of the molecule is O=C(O)C1CN(Cc2ncno2)C1. The Labute approximate surface area is 74.2 Å². The zero-order valence-corrected chi connectivity index (χ0v) is 6.88. The van der Waals surface area contributed by atoms with Gasteiger partial charge in [0.15, 0.2) is 6.33 Å². The molecule has 70 valence electrons. The number of aliphatic carboxylic acids is 1. The molecule has 6 nitrogen and oxygen atoms in total. The maximum atomic E-state index is 10.5. The van der Waals surface area contributed by atoms with Crippen molar-refractivity contribution in [2.45, 2.75) is 6.54 Å². The van der Waals surface area contributed by atoms with Crippen molar-refractivity contribution in [2.75, 3.05) is 13.1 Å². The first-order chi connectivity index (χ1) is 6.25. The number of carboxylic acids is 1. The van der Waals surface area contributed by atoms with Gasteiger partial charge in [0.25, 0.3) is 0 Å². The Balaban J connectivity index is 1.79. The molecule has 2 rings (SSSR count). The van der Waals surface area contributed by atoms with Crippen LogP contribution in [0.3, 0.4) is 0 Å². The van der Waals surface area contributed by atoms with Gasteiger partial charge in [-0.25, -0.2) is 0 Å². The van der Waals surface area contributed by atoms with E-state index in [1.165, 1.54) is 6.33 Å². The van der Waals surface area contributed by atoms with Crippen LogP contribution in [0.25, 0.3) is 0 Å². The lowest BCUT2D eigenvalue weighted by molar-refractivity contribution is -0.147. The average molecular weight is 183 g/mol. The summed E-state index contributed by atoms with van der Waals surface area (Å²) in [5.74, 6) is -0.437. The van der Waals surface area contributed by atoms with Gasteiger partial charge in [0, 0.05) is 13.1 Å². The lowest BCUT2D eigenvalue weighted by Crippen LogP contribution is -2.49. The second kappa shape index (κ2) is 3.14. The molecule has 1 fully saturated rings. The number of carbonyl (C=O) groups is 1. The minimum atomic E-state index is -0.734. The maximum absolute atomic E-state index is 10.5. The van der Waals surface area contributed by atoms with Crippen molar-refractivity contribution in [3.8, 4) is 0 Å². The third kappa shape index (κ3) is 1.67. The monoisotopic (exact) mass is 183 g/mol. The Bertz CT molecular complexity index is 292. The Morgan fingerprint density at radius 2 is 2.54 bits per heavy atom. The number of hydrogen-bond acceptors (Lipinski definition) is 5. The van der Waals surface area contributed by atoms with Gasteiger partial charge in [-0.2, -0.15) is 4.98 Å². The van der Waals surface area contributed by atoms with Gasteiger partial charge in [-0.15, -0.1) is 0 Å². The molecule has 13 heavy (non-hydrogen) atoms. The van der Waals surface area contributed by atoms with Crippen molar-refractivity contribution in [3.63, 3.8) is 0 Å². The molecule has 1 aromatic heterocycles. The quantitative estimate of drug-likeness (QED) is 0.686. The molecular formula is C7H9N3O3. The highest BCUT2D eigenvalue weighted by molar-refractivity contribution is 5.71. The topological polar surface area (TPSA) is 79.5 Å². The van der Waals surface area contributed by atoms with Gasteiger partial charge in [-0.3, -0.25) is 9.69 Å². The molecule has 6 heteroatoms. The summed E-state index contributed by atoms with van der Waals surface area (Å²) in [6.07, 6.45) is 1.34. The first-order valence-corrected chi connectivity index (χ1v) is 3.96. The van der Waals surface area contributed by atoms with Gasteiger partial charge in [-0.1, -0.05) is 5.16 Å². The number of hydrogen-bond donors (Lipinski definition) is 1. The predicted octanol–water partition coefficient (Wildman–Crippen LogP) is -0.414. The fourth-order valence-corrected chi connectivity index (χ4v) is 1.31. The number of aromatic nitrogens is 2. The zero-order chi connectivity index (χ0) is 9.26. The molecule has 2 heterocycles. The molecule has 0 spiro atoms. The fraction of sp³-hybridized carbons (Fsp3) is 0.571. The van der Waals surface area contributed by atoms with E-state index in [2.05, 4.69) is 10.1 Å². The van der Waals surface area contributed by atoms with Crippen molar-refractivity contribution in [2.24, 2.45) is 5.92 Å². The van der Waals surface area contributed by atoms with Crippen LogP contribution in [0.4, 0.5) is 0 Å². The summed E-state index contributed by atoms with van der Waals surface area (Å²) in [7, 11) is 0. The van der Waals surface area contributed by atoms with Crippen LogP contribution in [-0.2, 0) is 11.3 Å². The van der Waals surface area contributed by atoms with Crippen molar-refractivity contribution >= 4 is 5.97 Å². The summed E-state index contributed by atoms with van der Waals surface area (Å²) in [5.41, 5.74) is 0. The van der Waals surface area contributed by atoms with Gasteiger partial charge in [-0.05, 0) is 0 Å². The molecule has 0 aliphatic carbocycles. The number of nitrogens with zero attached hydrogens (tertiary/aromatic N) is 3. The van der Waals surface area contributed by atoms with E-state index < -0.39 is 5.97 Å². The van der Waals surface area contributed by atoms with Crippen molar-refractivity contribution in [1.29, 1.82) is 0 Å². The van der Waals surface area contributed by atoms with Gasteiger partial charge in [0.05, 0.1) is 12.5 Å². The molecule has 1 aliphatic rings. The van der Waals surface area contributed by atoms with Gasteiger partial charge >= 0.3 is 5.97 Å². The minimum Gasteiger partial charge on any atom is -0.481 e. The van der Waals surface area contributed by atoms with E-state index in [9.17, 15) is 4.79 Å². The van der Waals surface area contributed by atoms with Crippen molar-refractivity contribution in [1.82, 2.24) is 15.0 Å². The molecule has 0 aromatic carbocycles. The van der Waals surface area contributed by atoms with Crippen molar-refractivity contribution < 1.29 is 14.4 Å². The van der Waals surface area contributed by atoms with Crippen molar-refractivity contribution in [3.05, 3.63) is 12.2 Å².